The normalized spacial score (nSPS) is 34.9. The molecule has 2 rings (SSSR count). The standard InChI is InChI=1S/C14H25NO2/c1-11-9-15(6-7-17-11)10-12-8-14(2,3)5-4-13(12)16/h11-12H,4-10H2,1-3H3. The van der Waals surface area contributed by atoms with E-state index in [0.29, 0.717) is 17.3 Å². The number of morpholine rings is 1. The molecule has 3 heteroatoms. The molecule has 98 valence electrons. The second-order valence-corrected chi connectivity index (χ2v) is 6.47. The summed E-state index contributed by atoms with van der Waals surface area (Å²) in [7, 11) is 0. The van der Waals surface area contributed by atoms with Crippen molar-refractivity contribution in [2.24, 2.45) is 11.3 Å². The van der Waals surface area contributed by atoms with Gasteiger partial charge in [-0.15, -0.1) is 0 Å². The van der Waals surface area contributed by atoms with Crippen molar-refractivity contribution < 1.29 is 9.53 Å². The molecule has 1 saturated heterocycles. The number of carbonyl (C=O) groups excluding carboxylic acids is 1. The Labute approximate surface area is 105 Å². The molecule has 2 unspecified atom stereocenters. The molecule has 0 bridgehead atoms. The molecule has 3 nitrogen and oxygen atoms in total. The fraction of sp³-hybridized carbons (Fsp3) is 0.929. The number of carbonyl (C=O) groups is 1. The molecule has 17 heavy (non-hydrogen) atoms. The van der Waals surface area contributed by atoms with Crippen LogP contribution in [-0.2, 0) is 9.53 Å². The van der Waals surface area contributed by atoms with E-state index in [-0.39, 0.29) is 5.92 Å². The molecule has 0 spiro atoms. The zero-order chi connectivity index (χ0) is 12.5. The van der Waals surface area contributed by atoms with Crippen molar-refractivity contribution in [3.05, 3.63) is 0 Å². The predicted octanol–water partition coefficient (Wildman–Crippen LogP) is 2.10. The summed E-state index contributed by atoms with van der Waals surface area (Å²) in [5, 5.41) is 0. The maximum absolute atomic E-state index is 12.0. The number of ketones is 1. The maximum Gasteiger partial charge on any atom is 0.137 e. The summed E-state index contributed by atoms with van der Waals surface area (Å²) in [6.07, 6.45) is 3.20. The summed E-state index contributed by atoms with van der Waals surface area (Å²) < 4.78 is 5.54. The van der Waals surface area contributed by atoms with Crippen LogP contribution in [0.3, 0.4) is 0 Å². The number of nitrogens with zero attached hydrogens (tertiary/aromatic N) is 1. The van der Waals surface area contributed by atoms with Gasteiger partial charge in [-0.1, -0.05) is 13.8 Å². The summed E-state index contributed by atoms with van der Waals surface area (Å²) >= 11 is 0. The quantitative estimate of drug-likeness (QED) is 0.739. The molecule has 0 aromatic rings. The highest BCUT2D eigenvalue weighted by Crippen LogP contribution is 2.37. The van der Waals surface area contributed by atoms with Crippen LogP contribution >= 0.6 is 0 Å². The molecule has 1 aliphatic carbocycles. The minimum atomic E-state index is 0.254. The van der Waals surface area contributed by atoms with Crippen molar-refractivity contribution in [1.29, 1.82) is 0 Å². The van der Waals surface area contributed by atoms with Crippen molar-refractivity contribution in [3.63, 3.8) is 0 Å². The van der Waals surface area contributed by atoms with Gasteiger partial charge < -0.3 is 4.74 Å². The van der Waals surface area contributed by atoms with Gasteiger partial charge in [0.15, 0.2) is 0 Å². The van der Waals surface area contributed by atoms with E-state index in [4.69, 9.17) is 4.74 Å². The molecule has 2 atom stereocenters. The fourth-order valence-corrected chi connectivity index (χ4v) is 3.08. The van der Waals surface area contributed by atoms with Crippen LogP contribution in [0.1, 0.15) is 40.0 Å². The van der Waals surface area contributed by atoms with Crippen LogP contribution in [0.2, 0.25) is 0 Å². The van der Waals surface area contributed by atoms with Gasteiger partial charge >= 0.3 is 0 Å². The molecule has 0 aromatic carbocycles. The molecule has 1 heterocycles. The SMILES string of the molecule is CC1CN(CC2CC(C)(C)CCC2=O)CCO1. The van der Waals surface area contributed by atoms with Crippen molar-refractivity contribution in [3.8, 4) is 0 Å². The van der Waals surface area contributed by atoms with Gasteiger partial charge in [-0.3, -0.25) is 9.69 Å². The molecule has 0 aromatic heterocycles. The number of ether oxygens (including phenoxy) is 1. The first kappa shape index (κ1) is 13.0. The minimum Gasteiger partial charge on any atom is -0.376 e. The average Bonchev–Trinajstić information content (AvgIpc) is 2.23. The first-order valence-electron chi connectivity index (χ1n) is 6.83. The van der Waals surface area contributed by atoms with Crippen molar-refractivity contribution in [2.45, 2.75) is 46.1 Å². The monoisotopic (exact) mass is 239 g/mol. The van der Waals surface area contributed by atoms with Gasteiger partial charge in [-0.2, -0.15) is 0 Å². The van der Waals surface area contributed by atoms with Gasteiger partial charge in [-0.05, 0) is 25.2 Å². The van der Waals surface area contributed by atoms with Crippen LogP contribution < -0.4 is 0 Å². The average molecular weight is 239 g/mol. The van der Waals surface area contributed by atoms with E-state index in [1.54, 1.807) is 0 Å². The Bertz CT molecular complexity index is 288. The second-order valence-electron chi connectivity index (χ2n) is 6.47. The molecule has 0 N–H and O–H groups in total. The van der Waals surface area contributed by atoms with Gasteiger partial charge in [0.2, 0.25) is 0 Å². The third kappa shape index (κ3) is 3.52. The maximum atomic E-state index is 12.0. The van der Waals surface area contributed by atoms with Crippen molar-refractivity contribution >= 4 is 5.78 Å². The van der Waals surface area contributed by atoms with E-state index >= 15 is 0 Å². The summed E-state index contributed by atoms with van der Waals surface area (Å²) in [6, 6.07) is 0. The Kier molecular flexibility index (Phi) is 3.88. The molecular weight excluding hydrogens is 214 g/mol. The number of Topliss-reactive ketones (excluding diaryl/α,β-unsaturated/α-hetero) is 1. The van der Waals surface area contributed by atoms with Crippen LogP contribution in [0, 0.1) is 11.3 Å². The highest BCUT2D eigenvalue weighted by Gasteiger charge is 2.34. The Morgan fingerprint density at radius 3 is 2.94 bits per heavy atom. The zero-order valence-electron chi connectivity index (χ0n) is 11.4. The Hall–Kier alpha value is -0.410. The summed E-state index contributed by atoms with van der Waals surface area (Å²) in [6.45, 7) is 10.4. The molecule has 2 fully saturated rings. The second kappa shape index (κ2) is 5.07. The van der Waals surface area contributed by atoms with Gasteiger partial charge in [0.05, 0.1) is 12.7 Å². The molecule has 0 radical (unpaired) electrons. The number of hydrogen-bond donors (Lipinski definition) is 0. The van der Waals surface area contributed by atoms with Crippen molar-refractivity contribution in [1.82, 2.24) is 4.90 Å². The van der Waals surface area contributed by atoms with E-state index in [0.717, 1.165) is 45.5 Å². The third-order valence-electron chi connectivity index (χ3n) is 4.11. The molecule has 0 amide bonds. The zero-order valence-corrected chi connectivity index (χ0v) is 11.4. The van der Waals surface area contributed by atoms with Gasteiger partial charge in [0, 0.05) is 32.0 Å². The van der Waals surface area contributed by atoms with Crippen LogP contribution in [0.5, 0.6) is 0 Å². The predicted molar refractivity (Wildman–Crippen MR) is 68.0 cm³/mol. The van der Waals surface area contributed by atoms with E-state index in [2.05, 4.69) is 25.7 Å². The van der Waals surface area contributed by atoms with Gasteiger partial charge in [0.1, 0.15) is 5.78 Å². The first-order chi connectivity index (χ1) is 7.96. The number of rotatable bonds is 2. The van der Waals surface area contributed by atoms with Crippen LogP contribution in [0.25, 0.3) is 0 Å². The van der Waals surface area contributed by atoms with Gasteiger partial charge in [0.25, 0.3) is 0 Å². The molecule has 1 saturated carbocycles. The number of hydrogen-bond acceptors (Lipinski definition) is 3. The smallest absolute Gasteiger partial charge is 0.137 e. The van der Waals surface area contributed by atoms with Crippen molar-refractivity contribution in [2.75, 3.05) is 26.2 Å². The lowest BCUT2D eigenvalue weighted by molar-refractivity contribution is -0.128. The summed E-state index contributed by atoms with van der Waals surface area (Å²) in [5.41, 5.74) is 0.344. The summed E-state index contributed by atoms with van der Waals surface area (Å²) in [4.78, 5) is 14.4. The first-order valence-corrected chi connectivity index (χ1v) is 6.83. The highest BCUT2D eigenvalue weighted by atomic mass is 16.5. The topological polar surface area (TPSA) is 29.5 Å². The van der Waals surface area contributed by atoms with E-state index in [1.165, 1.54) is 0 Å². The molecule has 1 aliphatic heterocycles. The Balaban J connectivity index is 1.90. The largest absolute Gasteiger partial charge is 0.376 e. The molecule has 2 aliphatic rings. The fourth-order valence-electron chi connectivity index (χ4n) is 3.08. The minimum absolute atomic E-state index is 0.254. The van der Waals surface area contributed by atoms with Gasteiger partial charge in [-0.25, -0.2) is 0 Å². The Morgan fingerprint density at radius 2 is 2.24 bits per heavy atom. The van der Waals surface area contributed by atoms with Crippen LogP contribution in [-0.4, -0.2) is 43.0 Å². The lowest BCUT2D eigenvalue weighted by atomic mass is 9.71. The van der Waals surface area contributed by atoms with Crippen LogP contribution in [0.4, 0.5) is 0 Å². The van der Waals surface area contributed by atoms with E-state index < -0.39 is 0 Å². The van der Waals surface area contributed by atoms with E-state index in [9.17, 15) is 4.79 Å². The highest BCUT2D eigenvalue weighted by molar-refractivity contribution is 5.82. The molecular formula is C14H25NO2. The van der Waals surface area contributed by atoms with Crippen LogP contribution in [0.15, 0.2) is 0 Å². The lowest BCUT2D eigenvalue weighted by Gasteiger charge is -2.38. The van der Waals surface area contributed by atoms with E-state index in [1.807, 2.05) is 0 Å². The Morgan fingerprint density at radius 1 is 1.47 bits per heavy atom. The third-order valence-corrected chi connectivity index (χ3v) is 4.11. The lowest BCUT2D eigenvalue weighted by Crippen LogP contribution is -2.46. The summed E-state index contributed by atoms with van der Waals surface area (Å²) in [5.74, 6) is 0.729.